The van der Waals surface area contributed by atoms with Gasteiger partial charge in [0.2, 0.25) is 0 Å². The molecule has 1 heterocycles. The number of rotatable bonds is 6. The van der Waals surface area contributed by atoms with Gasteiger partial charge >= 0.3 is 0 Å². The van der Waals surface area contributed by atoms with Crippen LogP contribution in [0.15, 0.2) is 94.9 Å². The maximum atomic E-state index is 14.3. The standard InChI is InChI=1S/C31H30N2OS/c34-29-27-28(26-16-8-7-15-25(26)21-31(27)18-9-10-19-31)32-30(35-22-24-13-5-2-6-14-24)33(29)20-17-23-11-3-1-4-12-23/h1-8,11-16H,9-10,17-22H2. The largest absolute Gasteiger partial charge is 0.287 e. The van der Waals surface area contributed by atoms with Crippen LogP contribution >= 0.6 is 11.8 Å². The molecule has 0 atom stereocenters. The molecule has 0 unspecified atom stereocenters. The first-order valence-electron chi connectivity index (χ1n) is 12.7. The molecule has 2 aliphatic rings. The van der Waals surface area contributed by atoms with Crippen LogP contribution in [0.4, 0.5) is 0 Å². The van der Waals surface area contributed by atoms with Crippen LogP contribution in [0.2, 0.25) is 0 Å². The van der Waals surface area contributed by atoms with Crippen LogP contribution in [0.5, 0.6) is 0 Å². The molecule has 4 aromatic rings. The lowest BCUT2D eigenvalue weighted by atomic mass is 9.68. The lowest BCUT2D eigenvalue weighted by molar-refractivity contribution is 0.415. The smallest absolute Gasteiger partial charge is 0.258 e. The zero-order chi connectivity index (χ0) is 23.7. The van der Waals surface area contributed by atoms with E-state index in [-0.39, 0.29) is 11.0 Å². The Morgan fingerprint density at radius 2 is 1.49 bits per heavy atom. The second-order valence-electron chi connectivity index (χ2n) is 9.91. The van der Waals surface area contributed by atoms with Crippen molar-refractivity contribution in [3.63, 3.8) is 0 Å². The molecule has 0 N–H and O–H groups in total. The normalized spacial score (nSPS) is 15.7. The van der Waals surface area contributed by atoms with E-state index >= 15 is 0 Å². The Labute approximate surface area is 211 Å². The molecule has 0 radical (unpaired) electrons. The molecule has 3 aromatic carbocycles. The van der Waals surface area contributed by atoms with E-state index in [2.05, 4.69) is 72.8 Å². The van der Waals surface area contributed by atoms with E-state index in [0.717, 1.165) is 53.4 Å². The minimum atomic E-state index is -0.0646. The van der Waals surface area contributed by atoms with Crippen molar-refractivity contribution < 1.29 is 0 Å². The van der Waals surface area contributed by atoms with Gasteiger partial charge in [-0.25, -0.2) is 4.98 Å². The Morgan fingerprint density at radius 1 is 0.829 bits per heavy atom. The van der Waals surface area contributed by atoms with Gasteiger partial charge < -0.3 is 0 Å². The van der Waals surface area contributed by atoms with Crippen LogP contribution in [0, 0.1) is 0 Å². The molecular formula is C31H30N2OS. The molecule has 1 saturated carbocycles. The average molecular weight is 479 g/mol. The summed E-state index contributed by atoms with van der Waals surface area (Å²) in [5, 5.41) is 0.832. The third kappa shape index (κ3) is 4.25. The Bertz CT molecular complexity index is 1390. The second-order valence-corrected chi connectivity index (χ2v) is 10.8. The molecule has 6 rings (SSSR count). The Hall–Kier alpha value is -3.11. The van der Waals surface area contributed by atoms with Gasteiger partial charge in [-0.1, -0.05) is 110 Å². The lowest BCUT2D eigenvalue weighted by Crippen LogP contribution is -2.40. The SMILES string of the molecule is O=c1c2c(nc(SCc3ccccc3)n1CCc1ccccc1)-c1ccccc1CC21CCCC1. The highest BCUT2D eigenvalue weighted by molar-refractivity contribution is 7.98. The number of fused-ring (bicyclic) bond motifs is 4. The average Bonchev–Trinajstić information content (AvgIpc) is 3.36. The van der Waals surface area contributed by atoms with Crippen LogP contribution in [-0.2, 0) is 30.6 Å². The van der Waals surface area contributed by atoms with Gasteiger partial charge in [0.05, 0.1) is 11.3 Å². The van der Waals surface area contributed by atoms with Crippen molar-refractivity contribution in [2.45, 2.75) is 61.4 Å². The summed E-state index contributed by atoms with van der Waals surface area (Å²) in [5.41, 5.74) is 7.01. The third-order valence-electron chi connectivity index (χ3n) is 7.70. The van der Waals surface area contributed by atoms with Crippen LogP contribution in [-0.4, -0.2) is 9.55 Å². The van der Waals surface area contributed by atoms with Gasteiger partial charge in [0, 0.05) is 23.3 Å². The number of aromatic nitrogens is 2. The monoisotopic (exact) mass is 478 g/mol. The molecule has 1 aromatic heterocycles. The van der Waals surface area contributed by atoms with Crippen LogP contribution < -0.4 is 5.56 Å². The van der Waals surface area contributed by atoms with Crippen LogP contribution in [0.25, 0.3) is 11.3 Å². The molecule has 176 valence electrons. The predicted octanol–water partition coefficient (Wildman–Crippen LogP) is 6.81. The van der Waals surface area contributed by atoms with Crippen molar-refractivity contribution in [3.8, 4) is 11.3 Å². The summed E-state index contributed by atoms with van der Waals surface area (Å²) in [4.78, 5) is 19.6. The molecule has 0 aliphatic heterocycles. The van der Waals surface area contributed by atoms with Gasteiger partial charge in [-0.2, -0.15) is 0 Å². The van der Waals surface area contributed by atoms with E-state index in [0.29, 0.717) is 6.54 Å². The first kappa shape index (κ1) is 22.4. The van der Waals surface area contributed by atoms with E-state index in [1.165, 1.54) is 29.5 Å². The number of thioether (sulfide) groups is 1. The zero-order valence-electron chi connectivity index (χ0n) is 20.0. The van der Waals surface area contributed by atoms with Crippen molar-refractivity contribution in [2.24, 2.45) is 0 Å². The van der Waals surface area contributed by atoms with Gasteiger partial charge in [0.25, 0.3) is 5.56 Å². The Morgan fingerprint density at radius 3 is 2.23 bits per heavy atom. The number of hydrogen-bond donors (Lipinski definition) is 0. The number of nitrogens with zero attached hydrogens (tertiary/aromatic N) is 2. The summed E-state index contributed by atoms with van der Waals surface area (Å²) in [6.45, 7) is 0.651. The van der Waals surface area contributed by atoms with Crippen molar-refractivity contribution in [2.75, 3.05) is 0 Å². The summed E-state index contributed by atoms with van der Waals surface area (Å²) in [6.07, 6.45) is 6.33. The third-order valence-corrected chi connectivity index (χ3v) is 8.75. The number of benzene rings is 3. The highest BCUT2D eigenvalue weighted by Gasteiger charge is 2.44. The van der Waals surface area contributed by atoms with E-state index in [4.69, 9.17) is 4.98 Å². The topological polar surface area (TPSA) is 34.9 Å². The zero-order valence-corrected chi connectivity index (χ0v) is 20.8. The molecule has 1 fully saturated rings. The summed E-state index contributed by atoms with van der Waals surface area (Å²) < 4.78 is 1.98. The number of aryl methyl sites for hydroxylation is 1. The van der Waals surface area contributed by atoms with Gasteiger partial charge in [-0.3, -0.25) is 9.36 Å². The molecule has 0 amide bonds. The lowest BCUT2D eigenvalue weighted by Gasteiger charge is -2.36. The fourth-order valence-corrected chi connectivity index (χ4v) is 6.93. The van der Waals surface area contributed by atoms with Gasteiger partial charge in [-0.05, 0) is 42.4 Å². The van der Waals surface area contributed by atoms with Crippen molar-refractivity contribution in [1.29, 1.82) is 0 Å². The van der Waals surface area contributed by atoms with Gasteiger partial charge in [0.15, 0.2) is 5.16 Å². The predicted molar refractivity (Wildman–Crippen MR) is 144 cm³/mol. The molecule has 4 heteroatoms. The number of hydrogen-bond acceptors (Lipinski definition) is 3. The molecule has 3 nitrogen and oxygen atoms in total. The second kappa shape index (κ2) is 9.50. The minimum Gasteiger partial charge on any atom is -0.287 e. The highest BCUT2D eigenvalue weighted by atomic mass is 32.2. The van der Waals surface area contributed by atoms with Crippen molar-refractivity contribution >= 4 is 11.8 Å². The highest BCUT2D eigenvalue weighted by Crippen LogP contribution is 2.50. The van der Waals surface area contributed by atoms with Gasteiger partial charge in [-0.15, -0.1) is 0 Å². The van der Waals surface area contributed by atoms with Crippen molar-refractivity contribution in [1.82, 2.24) is 9.55 Å². The fourth-order valence-electron chi connectivity index (χ4n) is 5.96. The molecular weight excluding hydrogens is 448 g/mol. The molecule has 2 aliphatic carbocycles. The van der Waals surface area contributed by atoms with Gasteiger partial charge in [0.1, 0.15) is 0 Å². The first-order valence-corrected chi connectivity index (χ1v) is 13.7. The first-order chi connectivity index (χ1) is 17.2. The van der Waals surface area contributed by atoms with Crippen LogP contribution in [0.1, 0.15) is 47.9 Å². The summed E-state index contributed by atoms with van der Waals surface area (Å²) in [7, 11) is 0. The fraction of sp³-hybridized carbons (Fsp3) is 0.290. The minimum absolute atomic E-state index is 0.0646. The summed E-state index contributed by atoms with van der Waals surface area (Å²) in [5.74, 6) is 0.796. The quantitative estimate of drug-likeness (QED) is 0.225. The summed E-state index contributed by atoms with van der Waals surface area (Å²) >= 11 is 1.68. The van der Waals surface area contributed by atoms with E-state index in [1.807, 2.05) is 16.7 Å². The van der Waals surface area contributed by atoms with Crippen LogP contribution in [0.3, 0.4) is 0 Å². The molecule has 0 saturated heterocycles. The maximum absolute atomic E-state index is 14.3. The Kier molecular flexibility index (Phi) is 6.07. The van der Waals surface area contributed by atoms with Crippen molar-refractivity contribution in [3.05, 3.63) is 118 Å². The maximum Gasteiger partial charge on any atom is 0.258 e. The van der Waals surface area contributed by atoms with E-state index in [1.54, 1.807) is 11.8 Å². The molecule has 1 spiro atoms. The molecule has 0 bridgehead atoms. The van der Waals surface area contributed by atoms with E-state index in [9.17, 15) is 4.79 Å². The molecule has 35 heavy (non-hydrogen) atoms. The van der Waals surface area contributed by atoms with E-state index < -0.39 is 0 Å². The Balaban J connectivity index is 1.48. The summed E-state index contributed by atoms with van der Waals surface area (Å²) in [6, 6.07) is 29.5.